The van der Waals surface area contributed by atoms with Crippen molar-refractivity contribution in [3.05, 3.63) is 29.8 Å². The van der Waals surface area contributed by atoms with Gasteiger partial charge in [0.15, 0.2) is 0 Å². The van der Waals surface area contributed by atoms with E-state index < -0.39 is 5.92 Å². The van der Waals surface area contributed by atoms with Crippen LogP contribution in [0.25, 0.3) is 0 Å². The number of carbonyl (C=O) groups excluding carboxylic acids is 2. The van der Waals surface area contributed by atoms with E-state index in [1.165, 1.54) is 6.92 Å². The summed E-state index contributed by atoms with van der Waals surface area (Å²) in [6.45, 7) is 1.45. The average Bonchev–Trinajstić information content (AvgIpc) is 2.16. The molecule has 0 fully saturated rings. The maximum absolute atomic E-state index is 11.5. The van der Waals surface area contributed by atoms with Crippen molar-refractivity contribution in [2.75, 3.05) is 5.32 Å². The zero-order valence-electron chi connectivity index (χ0n) is 7.83. The molecule has 14 heavy (non-hydrogen) atoms. The highest BCUT2D eigenvalue weighted by Crippen LogP contribution is 2.25. The van der Waals surface area contributed by atoms with E-state index >= 15 is 0 Å². The lowest BCUT2D eigenvalue weighted by Crippen LogP contribution is -2.34. The molecule has 1 amide bonds. The fourth-order valence-electron chi connectivity index (χ4n) is 1.62. The van der Waals surface area contributed by atoms with Crippen molar-refractivity contribution in [2.45, 2.75) is 13.3 Å². The van der Waals surface area contributed by atoms with Gasteiger partial charge in [0.05, 0.1) is 0 Å². The third kappa shape index (κ3) is 1.41. The number of carbonyl (C=O) groups is 2. The fourth-order valence-corrected chi connectivity index (χ4v) is 1.62. The molecule has 1 atom stereocenters. The first-order valence-electron chi connectivity index (χ1n) is 4.49. The quantitative estimate of drug-likeness (QED) is 0.673. The van der Waals surface area contributed by atoms with E-state index in [-0.39, 0.29) is 11.7 Å². The van der Waals surface area contributed by atoms with Crippen LogP contribution in [0.15, 0.2) is 18.2 Å². The minimum absolute atomic E-state index is 0.0861. The highest BCUT2D eigenvalue weighted by atomic mass is 16.2. The molecule has 1 aliphatic heterocycles. The van der Waals surface area contributed by atoms with Gasteiger partial charge in [-0.3, -0.25) is 9.59 Å². The Labute approximate surface area is 82.1 Å². The van der Waals surface area contributed by atoms with Crippen LogP contribution in [-0.4, -0.2) is 11.7 Å². The number of ketones is 1. The molecule has 0 aromatic heterocycles. The number of hydrogen-bond acceptors (Lipinski definition) is 2. The molecule has 1 heterocycles. The van der Waals surface area contributed by atoms with Gasteiger partial charge >= 0.3 is 0 Å². The van der Waals surface area contributed by atoms with Gasteiger partial charge in [0, 0.05) is 5.69 Å². The minimum Gasteiger partial charge on any atom is -0.325 e. The molecule has 0 aliphatic carbocycles. The third-order valence-electron chi connectivity index (χ3n) is 2.44. The lowest BCUT2D eigenvalue weighted by Gasteiger charge is -2.22. The Balaban J connectivity index is 2.36. The third-order valence-corrected chi connectivity index (χ3v) is 2.44. The van der Waals surface area contributed by atoms with Gasteiger partial charge < -0.3 is 5.32 Å². The zero-order chi connectivity index (χ0) is 10.1. The summed E-state index contributed by atoms with van der Waals surface area (Å²) in [5, 5.41) is 2.71. The van der Waals surface area contributed by atoms with Crippen LogP contribution in [0.5, 0.6) is 0 Å². The smallest absolute Gasteiger partial charge is 0.235 e. The molecule has 1 aliphatic rings. The number of nitrogens with one attached hydrogen (secondary N) is 1. The van der Waals surface area contributed by atoms with Crippen LogP contribution >= 0.6 is 0 Å². The van der Waals surface area contributed by atoms with Crippen molar-refractivity contribution < 1.29 is 9.59 Å². The topological polar surface area (TPSA) is 46.2 Å². The first-order chi connectivity index (χ1) is 6.68. The summed E-state index contributed by atoms with van der Waals surface area (Å²) < 4.78 is 0. The summed E-state index contributed by atoms with van der Waals surface area (Å²) in [7, 11) is 0. The number of rotatable bonds is 1. The van der Waals surface area contributed by atoms with Gasteiger partial charge in [-0.05, 0) is 37.1 Å². The van der Waals surface area contributed by atoms with E-state index in [1.54, 1.807) is 12.1 Å². The Kier molecular flexibility index (Phi) is 2.08. The van der Waals surface area contributed by atoms with Crippen LogP contribution in [0, 0.1) is 12.0 Å². The second-order valence-electron chi connectivity index (χ2n) is 3.44. The largest absolute Gasteiger partial charge is 0.325 e. The van der Waals surface area contributed by atoms with E-state index in [2.05, 4.69) is 11.4 Å². The Hall–Kier alpha value is -1.64. The van der Waals surface area contributed by atoms with Gasteiger partial charge in [-0.15, -0.1) is 0 Å². The van der Waals surface area contributed by atoms with Crippen LogP contribution in [0.3, 0.4) is 0 Å². The van der Waals surface area contributed by atoms with Gasteiger partial charge in [-0.25, -0.2) is 0 Å². The van der Waals surface area contributed by atoms with Gasteiger partial charge in [0.25, 0.3) is 0 Å². The van der Waals surface area contributed by atoms with Crippen molar-refractivity contribution in [3.63, 3.8) is 0 Å². The second-order valence-corrected chi connectivity index (χ2v) is 3.44. The Morgan fingerprint density at radius 1 is 1.64 bits per heavy atom. The minimum atomic E-state index is -0.529. The summed E-state index contributed by atoms with van der Waals surface area (Å²) in [5.74, 6) is -0.813. The Bertz CT molecular complexity index is 398. The molecular weight excluding hydrogens is 178 g/mol. The second kappa shape index (κ2) is 3.25. The zero-order valence-corrected chi connectivity index (χ0v) is 7.83. The molecule has 0 spiro atoms. The normalized spacial score (nSPS) is 19.8. The highest BCUT2D eigenvalue weighted by Gasteiger charge is 2.28. The van der Waals surface area contributed by atoms with E-state index in [0.717, 1.165) is 11.3 Å². The molecule has 71 valence electrons. The van der Waals surface area contributed by atoms with Crippen LogP contribution < -0.4 is 5.32 Å². The molecule has 1 unspecified atom stereocenters. The molecule has 0 saturated heterocycles. The highest BCUT2D eigenvalue weighted by molar-refractivity contribution is 6.08. The fraction of sp³-hybridized carbons (Fsp3) is 0.273. The molecule has 2 rings (SSSR count). The number of hydrogen-bond donors (Lipinski definition) is 1. The molecule has 3 heteroatoms. The van der Waals surface area contributed by atoms with Gasteiger partial charge in [0.1, 0.15) is 11.7 Å². The van der Waals surface area contributed by atoms with Crippen molar-refractivity contribution in [2.24, 2.45) is 5.92 Å². The maximum atomic E-state index is 11.5. The van der Waals surface area contributed by atoms with Crippen molar-refractivity contribution in [3.8, 4) is 0 Å². The van der Waals surface area contributed by atoms with Gasteiger partial charge in [0.2, 0.25) is 5.91 Å². The number of anilines is 1. The van der Waals surface area contributed by atoms with E-state index in [0.29, 0.717) is 6.42 Å². The lowest BCUT2D eigenvalue weighted by molar-refractivity contribution is -0.130. The van der Waals surface area contributed by atoms with Crippen molar-refractivity contribution in [1.82, 2.24) is 0 Å². The first kappa shape index (κ1) is 8.94. The molecule has 3 nitrogen and oxygen atoms in total. The summed E-state index contributed by atoms with van der Waals surface area (Å²) >= 11 is 0. The molecule has 1 aromatic carbocycles. The predicted octanol–water partition coefficient (Wildman–Crippen LogP) is 1.19. The summed E-state index contributed by atoms with van der Waals surface area (Å²) in [4.78, 5) is 22.6. The van der Waals surface area contributed by atoms with Gasteiger partial charge in [-0.1, -0.05) is 6.07 Å². The average molecular weight is 188 g/mol. The van der Waals surface area contributed by atoms with Crippen LogP contribution in [0.2, 0.25) is 0 Å². The molecule has 1 radical (unpaired) electrons. The van der Waals surface area contributed by atoms with Crippen LogP contribution in [0.1, 0.15) is 12.5 Å². The number of Topliss-reactive ketones (excluding diaryl/α,β-unsaturated/α-hetero) is 1. The molecule has 0 saturated carbocycles. The first-order valence-corrected chi connectivity index (χ1v) is 4.49. The summed E-state index contributed by atoms with van der Waals surface area (Å²) in [6.07, 6.45) is 0.494. The standard InChI is InChI=1S/C11H10NO2/c1-7(13)9-6-8-4-2-3-5-10(8)12-11(9)14/h3-5,9H,6H2,1H3,(H,12,14). The Morgan fingerprint density at radius 3 is 3.14 bits per heavy atom. The molecular formula is C11H10NO2. The monoisotopic (exact) mass is 188 g/mol. The number of fused-ring (bicyclic) bond motifs is 1. The lowest BCUT2D eigenvalue weighted by atomic mass is 9.91. The summed E-state index contributed by atoms with van der Waals surface area (Å²) in [6, 6.07) is 8.28. The van der Waals surface area contributed by atoms with Crippen molar-refractivity contribution in [1.29, 1.82) is 0 Å². The van der Waals surface area contributed by atoms with Crippen molar-refractivity contribution >= 4 is 17.4 Å². The molecule has 0 bridgehead atoms. The van der Waals surface area contributed by atoms with Crippen LogP contribution in [-0.2, 0) is 16.0 Å². The SMILES string of the molecule is CC(=O)C1Cc2c[c]ccc2NC1=O. The molecule has 1 aromatic rings. The van der Waals surface area contributed by atoms with E-state index in [4.69, 9.17) is 0 Å². The van der Waals surface area contributed by atoms with E-state index in [1.807, 2.05) is 6.07 Å². The van der Waals surface area contributed by atoms with E-state index in [9.17, 15) is 9.59 Å². The van der Waals surface area contributed by atoms with Gasteiger partial charge in [-0.2, -0.15) is 0 Å². The maximum Gasteiger partial charge on any atom is 0.235 e. The summed E-state index contributed by atoms with van der Waals surface area (Å²) in [5.41, 5.74) is 1.78. The van der Waals surface area contributed by atoms with Crippen LogP contribution in [0.4, 0.5) is 5.69 Å². The number of amides is 1. The Morgan fingerprint density at radius 2 is 2.43 bits per heavy atom. The predicted molar refractivity (Wildman–Crippen MR) is 51.8 cm³/mol. The molecule has 1 N–H and O–H groups in total. The number of benzene rings is 1.